The fourth-order valence-corrected chi connectivity index (χ4v) is 2.25. The van der Waals surface area contributed by atoms with Gasteiger partial charge in [-0.2, -0.15) is 0 Å². The lowest BCUT2D eigenvalue weighted by Crippen LogP contribution is -2.37. The van der Waals surface area contributed by atoms with E-state index in [0.29, 0.717) is 11.4 Å². The molecule has 0 heterocycles. The maximum absolute atomic E-state index is 13.2. The molecule has 0 aliphatic heterocycles. The summed E-state index contributed by atoms with van der Waals surface area (Å²) in [5.41, 5.74) is 0.674. The van der Waals surface area contributed by atoms with Gasteiger partial charge in [0, 0.05) is 31.3 Å². The van der Waals surface area contributed by atoms with Gasteiger partial charge in [0.1, 0.15) is 5.75 Å². The second-order valence-electron chi connectivity index (χ2n) is 5.25. The molecule has 0 fully saturated rings. The first-order valence-electron chi connectivity index (χ1n) is 7.57. The van der Waals surface area contributed by atoms with E-state index >= 15 is 0 Å². The van der Waals surface area contributed by atoms with Crippen LogP contribution in [0.5, 0.6) is 5.75 Å². The number of nitrogens with one attached hydrogen (secondary N) is 1. The van der Waals surface area contributed by atoms with Gasteiger partial charge in [0.05, 0.1) is 7.11 Å². The fourth-order valence-electron chi connectivity index (χ4n) is 2.25. The van der Waals surface area contributed by atoms with E-state index in [4.69, 9.17) is 4.74 Å². The minimum atomic E-state index is -1.09. The van der Waals surface area contributed by atoms with Crippen molar-refractivity contribution in [3.8, 4) is 5.75 Å². The van der Waals surface area contributed by atoms with Crippen LogP contribution in [-0.2, 0) is 4.79 Å². The van der Waals surface area contributed by atoms with Gasteiger partial charge in [-0.25, -0.2) is 8.78 Å². The number of carbonyl (C=O) groups is 2. The Hall–Kier alpha value is -2.96. The molecular formula is C18H18F2N2O3. The molecule has 132 valence electrons. The highest BCUT2D eigenvalue weighted by Crippen LogP contribution is 2.19. The van der Waals surface area contributed by atoms with Crippen molar-refractivity contribution in [2.24, 2.45) is 0 Å². The van der Waals surface area contributed by atoms with Crippen molar-refractivity contribution < 1.29 is 23.1 Å². The smallest absolute Gasteiger partial charge is 0.251 e. The van der Waals surface area contributed by atoms with Crippen LogP contribution in [0.1, 0.15) is 17.3 Å². The van der Waals surface area contributed by atoms with Crippen molar-refractivity contribution in [2.75, 3.05) is 25.1 Å². The van der Waals surface area contributed by atoms with Crippen LogP contribution in [0.2, 0.25) is 0 Å². The van der Waals surface area contributed by atoms with E-state index in [1.54, 1.807) is 31.4 Å². The lowest BCUT2D eigenvalue weighted by atomic mass is 10.2. The Bertz CT molecular complexity index is 763. The Morgan fingerprint density at radius 1 is 1.08 bits per heavy atom. The number of methoxy groups -OCH3 is 1. The summed E-state index contributed by atoms with van der Waals surface area (Å²) < 4.78 is 31.1. The van der Waals surface area contributed by atoms with Crippen LogP contribution in [-0.4, -0.2) is 32.0 Å². The van der Waals surface area contributed by atoms with Crippen LogP contribution < -0.4 is 15.0 Å². The van der Waals surface area contributed by atoms with Crippen LogP contribution in [0, 0.1) is 11.6 Å². The molecule has 0 saturated heterocycles. The summed E-state index contributed by atoms with van der Waals surface area (Å²) in [6, 6.07) is 9.84. The average Bonchev–Trinajstić information content (AvgIpc) is 2.60. The van der Waals surface area contributed by atoms with Crippen LogP contribution in [0.15, 0.2) is 42.5 Å². The standard InChI is InChI=1S/C18H18F2N2O3/c1-12(23)22(14-4-6-15(25-2)7-5-14)10-9-21-18(24)13-3-8-16(19)17(20)11-13/h3-8,11H,9-10H2,1-2H3,(H,21,24). The van der Waals surface area contributed by atoms with E-state index in [-0.39, 0.29) is 24.6 Å². The number of halogens is 2. The third-order valence-corrected chi connectivity index (χ3v) is 3.57. The second kappa shape index (κ2) is 8.23. The average molecular weight is 348 g/mol. The van der Waals surface area contributed by atoms with Gasteiger partial charge in [-0.3, -0.25) is 9.59 Å². The summed E-state index contributed by atoms with van der Waals surface area (Å²) in [5.74, 6) is -2.17. The maximum atomic E-state index is 13.2. The van der Waals surface area contributed by atoms with E-state index < -0.39 is 17.5 Å². The Balaban J connectivity index is 1.97. The molecule has 5 nitrogen and oxygen atoms in total. The van der Waals surface area contributed by atoms with Gasteiger partial charge < -0.3 is 15.0 Å². The number of carbonyl (C=O) groups excluding carboxylic acids is 2. The van der Waals surface area contributed by atoms with E-state index in [1.165, 1.54) is 17.9 Å². The molecule has 0 radical (unpaired) electrons. The zero-order valence-corrected chi connectivity index (χ0v) is 13.9. The highest BCUT2D eigenvalue weighted by molar-refractivity contribution is 5.94. The molecule has 1 N–H and O–H groups in total. The number of amides is 2. The van der Waals surface area contributed by atoms with Crippen molar-refractivity contribution >= 4 is 17.5 Å². The van der Waals surface area contributed by atoms with Crippen molar-refractivity contribution in [1.29, 1.82) is 0 Å². The molecule has 2 aromatic rings. The minimum Gasteiger partial charge on any atom is -0.497 e. The Kier molecular flexibility index (Phi) is 6.05. The molecule has 2 rings (SSSR count). The number of ether oxygens (including phenoxy) is 1. The second-order valence-corrected chi connectivity index (χ2v) is 5.25. The lowest BCUT2D eigenvalue weighted by molar-refractivity contribution is -0.116. The first-order chi connectivity index (χ1) is 11.9. The van der Waals surface area contributed by atoms with Gasteiger partial charge in [-0.05, 0) is 42.5 Å². The number of hydrogen-bond acceptors (Lipinski definition) is 3. The Labute approximate surface area is 144 Å². The van der Waals surface area contributed by atoms with Crippen molar-refractivity contribution in [3.63, 3.8) is 0 Å². The molecule has 2 aromatic carbocycles. The first kappa shape index (κ1) is 18.4. The third kappa shape index (κ3) is 4.76. The van der Waals surface area contributed by atoms with Crippen molar-refractivity contribution in [2.45, 2.75) is 6.92 Å². The minimum absolute atomic E-state index is 0.0118. The summed E-state index contributed by atoms with van der Waals surface area (Å²) in [6.45, 7) is 1.81. The summed E-state index contributed by atoms with van der Waals surface area (Å²) in [7, 11) is 1.55. The lowest BCUT2D eigenvalue weighted by Gasteiger charge is -2.21. The molecule has 0 aliphatic carbocycles. The zero-order valence-electron chi connectivity index (χ0n) is 13.9. The molecular weight excluding hydrogens is 330 g/mol. The molecule has 25 heavy (non-hydrogen) atoms. The molecule has 7 heteroatoms. The van der Waals surface area contributed by atoms with Gasteiger partial charge in [-0.1, -0.05) is 0 Å². The summed E-state index contributed by atoms with van der Waals surface area (Å²) in [5, 5.41) is 2.58. The van der Waals surface area contributed by atoms with E-state index in [2.05, 4.69) is 5.32 Å². The maximum Gasteiger partial charge on any atom is 0.251 e. The number of rotatable bonds is 6. The Morgan fingerprint density at radius 3 is 2.32 bits per heavy atom. The van der Waals surface area contributed by atoms with Crippen molar-refractivity contribution in [1.82, 2.24) is 5.32 Å². The number of hydrogen-bond donors (Lipinski definition) is 1. The molecule has 2 amide bonds. The van der Waals surface area contributed by atoms with Crippen LogP contribution in [0.25, 0.3) is 0 Å². The number of nitrogens with zero attached hydrogens (tertiary/aromatic N) is 1. The molecule has 0 atom stereocenters. The van der Waals surface area contributed by atoms with Crippen LogP contribution in [0.3, 0.4) is 0 Å². The predicted octanol–water partition coefficient (Wildman–Crippen LogP) is 2.76. The molecule has 0 aliphatic rings. The van der Waals surface area contributed by atoms with E-state index in [0.717, 1.165) is 12.1 Å². The van der Waals surface area contributed by atoms with Crippen molar-refractivity contribution in [3.05, 3.63) is 59.7 Å². The quantitative estimate of drug-likeness (QED) is 0.873. The highest BCUT2D eigenvalue weighted by atomic mass is 19.2. The molecule has 0 saturated carbocycles. The fraction of sp³-hybridized carbons (Fsp3) is 0.222. The highest BCUT2D eigenvalue weighted by Gasteiger charge is 2.13. The van der Waals surface area contributed by atoms with E-state index in [1.807, 2.05) is 0 Å². The molecule has 0 aromatic heterocycles. The zero-order chi connectivity index (χ0) is 18.4. The monoisotopic (exact) mass is 348 g/mol. The number of anilines is 1. The van der Waals surface area contributed by atoms with Gasteiger partial charge in [0.2, 0.25) is 5.91 Å². The summed E-state index contributed by atoms with van der Waals surface area (Å²) in [4.78, 5) is 25.3. The normalized spacial score (nSPS) is 10.2. The van der Waals surface area contributed by atoms with Crippen LogP contribution in [0.4, 0.5) is 14.5 Å². The van der Waals surface area contributed by atoms with E-state index in [9.17, 15) is 18.4 Å². The first-order valence-corrected chi connectivity index (χ1v) is 7.57. The van der Waals surface area contributed by atoms with Gasteiger partial charge >= 0.3 is 0 Å². The third-order valence-electron chi connectivity index (χ3n) is 3.57. The largest absolute Gasteiger partial charge is 0.497 e. The van der Waals surface area contributed by atoms with Gasteiger partial charge in [0.25, 0.3) is 5.91 Å². The number of benzene rings is 2. The molecule has 0 spiro atoms. The Morgan fingerprint density at radius 2 is 1.76 bits per heavy atom. The summed E-state index contributed by atoms with van der Waals surface area (Å²) in [6.07, 6.45) is 0. The summed E-state index contributed by atoms with van der Waals surface area (Å²) >= 11 is 0. The van der Waals surface area contributed by atoms with Gasteiger partial charge in [-0.15, -0.1) is 0 Å². The SMILES string of the molecule is COc1ccc(N(CCNC(=O)c2ccc(F)c(F)c2)C(C)=O)cc1. The topological polar surface area (TPSA) is 58.6 Å². The van der Waals surface area contributed by atoms with Gasteiger partial charge in [0.15, 0.2) is 11.6 Å². The predicted molar refractivity (Wildman–Crippen MR) is 89.7 cm³/mol. The molecule has 0 bridgehead atoms. The molecule has 0 unspecified atom stereocenters. The van der Waals surface area contributed by atoms with Crippen LogP contribution >= 0.6 is 0 Å².